The largest absolute Gasteiger partial charge is 0.444 e. The molecule has 0 spiro atoms. The number of hydrogen-bond donors (Lipinski definition) is 2. The summed E-state index contributed by atoms with van der Waals surface area (Å²) in [6.45, 7) is 5.96. The average molecular weight is 545 g/mol. The van der Waals surface area contributed by atoms with E-state index >= 15 is 4.39 Å². The summed E-state index contributed by atoms with van der Waals surface area (Å²) >= 11 is 0. The molecule has 8 nitrogen and oxygen atoms in total. The van der Waals surface area contributed by atoms with Gasteiger partial charge in [-0.1, -0.05) is 24.3 Å². The van der Waals surface area contributed by atoms with Crippen molar-refractivity contribution < 1.29 is 23.5 Å². The fourth-order valence-corrected chi connectivity index (χ4v) is 6.88. The first-order chi connectivity index (χ1) is 19.0. The van der Waals surface area contributed by atoms with Crippen LogP contribution in [0.5, 0.6) is 0 Å². The molecular weight excluding hydrogens is 511 g/mol. The van der Waals surface area contributed by atoms with E-state index in [0.717, 1.165) is 24.0 Å². The van der Waals surface area contributed by atoms with E-state index in [1.807, 2.05) is 6.07 Å². The molecule has 208 valence electrons. The SMILES string of the molecule is CC(C)(C)OC(=O)N1[C@H](C(=O)NC(C#N)Cc2ccc(-c3ccc4c(c3)CCNC4=O)cc2F)[C@@H]2C[C@H]1[C@H]1C[C@@H]21. The Morgan fingerprint density at radius 3 is 2.62 bits per heavy atom. The van der Waals surface area contributed by atoms with Crippen molar-refractivity contribution in [1.29, 1.82) is 5.26 Å². The van der Waals surface area contributed by atoms with E-state index in [1.54, 1.807) is 49.9 Å². The summed E-state index contributed by atoms with van der Waals surface area (Å²) in [4.78, 5) is 40.1. The molecule has 3 fully saturated rings. The van der Waals surface area contributed by atoms with E-state index in [4.69, 9.17) is 4.74 Å². The van der Waals surface area contributed by atoms with Crippen LogP contribution in [0.3, 0.4) is 0 Å². The molecule has 2 aliphatic heterocycles. The van der Waals surface area contributed by atoms with E-state index in [9.17, 15) is 19.6 Å². The Morgan fingerprint density at radius 1 is 1.15 bits per heavy atom. The molecule has 2 heterocycles. The number of nitrogens with zero attached hydrogens (tertiary/aromatic N) is 2. The number of carbonyl (C=O) groups is 3. The Balaban J connectivity index is 1.16. The first-order valence-electron chi connectivity index (χ1n) is 14.0. The Labute approximate surface area is 232 Å². The number of carbonyl (C=O) groups excluding carboxylic acids is 3. The average Bonchev–Trinajstić information content (AvgIpc) is 3.51. The Hall–Kier alpha value is -3.93. The number of nitrogens with one attached hydrogen (secondary N) is 2. The van der Waals surface area contributed by atoms with Crippen molar-refractivity contribution >= 4 is 17.9 Å². The molecule has 40 heavy (non-hydrogen) atoms. The van der Waals surface area contributed by atoms with Gasteiger partial charge in [-0.3, -0.25) is 14.5 Å². The van der Waals surface area contributed by atoms with Crippen LogP contribution in [0.15, 0.2) is 36.4 Å². The molecule has 6 atom stereocenters. The normalized spacial score (nSPS) is 26.7. The molecule has 1 unspecified atom stereocenters. The van der Waals surface area contributed by atoms with Crippen molar-refractivity contribution in [3.63, 3.8) is 0 Å². The van der Waals surface area contributed by atoms with Crippen LogP contribution in [0.4, 0.5) is 9.18 Å². The molecule has 2 N–H and O–H groups in total. The van der Waals surface area contributed by atoms with Crippen LogP contribution in [0.2, 0.25) is 0 Å². The number of benzene rings is 2. The number of fused-ring (bicyclic) bond motifs is 6. The Kier molecular flexibility index (Phi) is 6.32. The number of likely N-dealkylation sites (tertiary alicyclic amines) is 1. The van der Waals surface area contributed by atoms with Crippen LogP contribution in [-0.4, -0.2) is 53.1 Å². The van der Waals surface area contributed by atoms with Gasteiger partial charge in [0.2, 0.25) is 5.91 Å². The standard InChI is InChI=1S/C31H33FN4O4/c1-31(2,3)40-30(39)36-26-14-24(22-13-23(22)26)27(36)29(38)35-20(15-33)11-19-5-4-17(12-25(19)32)16-6-7-21-18(10-16)8-9-34-28(21)37/h4-7,10,12,20,22-24,26-27H,8-9,11,13-14H2,1-3H3,(H,34,37)(H,35,38)/t20?,22-,23+,24-,26+,27+/m1/s1. The number of ether oxygens (including phenoxy) is 1. The van der Waals surface area contributed by atoms with Gasteiger partial charge >= 0.3 is 6.09 Å². The first-order valence-corrected chi connectivity index (χ1v) is 14.0. The topological polar surface area (TPSA) is 112 Å². The highest BCUT2D eigenvalue weighted by molar-refractivity contribution is 5.97. The maximum atomic E-state index is 15.2. The lowest BCUT2D eigenvalue weighted by atomic mass is 9.93. The first kappa shape index (κ1) is 26.3. The number of piperidine rings is 1. The lowest BCUT2D eigenvalue weighted by Crippen LogP contribution is -2.56. The van der Waals surface area contributed by atoms with Crippen molar-refractivity contribution in [2.45, 2.75) is 70.2 Å². The summed E-state index contributed by atoms with van der Waals surface area (Å²) in [5.74, 6) is -0.0452. The second-order valence-electron chi connectivity index (χ2n) is 12.4. The van der Waals surface area contributed by atoms with Gasteiger partial charge in [0, 0.05) is 24.6 Å². The second kappa shape index (κ2) is 9.61. The molecule has 9 heteroatoms. The van der Waals surface area contributed by atoms with Crippen LogP contribution >= 0.6 is 0 Å². The van der Waals surface area contributed by atoms with Crippen LogP contribution < -0.4 is 10.6 Å². The molecule has 4 aliphatic rings. The van der Waals surface area contributed by atoms with E-state index < -0.39 is 29.6 Å². The minimum absolute atomic E-state index is 0.00197. The number of halogens is 1. The van der Waals surface area contributed by atoms with Crippen molar-refractivity contribution in [2.24, 2.45) is 17.8 Å². The number of amides is 3. The summed E-state index contributed by atoms with van der Waals surface area (Å²) in [7, 11) is 0. The van der Waals surface area contributed by atoms with Crippen molar-refractivity contribution in [3.8, 4) is 17.2 Å². The second-order valence-corrected chi connectivity index (χ2v) is 12.4. The van der Waals surface area contributed by atoms with Gasteiger partial charge in [0.1, 0.15) is 23.5 Å². The molecule has 2 bridgehead atoms. The van der Waals surface area contributed by atoms with Gasteiger partial charge in [0.05, 0.1) is 6.07 Å². The van der Waals surface area contributed by atoms with Crippen LogP contribution in [0.25, 0.3) is 11.1 Å². The molecule has 0 radical (unpaired) electrons. The molecule has 0 aromatic heterocycles. The number of nitriles is 1. The number of rotatable bonds is 5. The third-order valence-electron chi connectivity index (χ3n) is 8.70. The molecule has 2 saturated carbocycles. The molecule has 2 aliphatic carbocycles. The van der Waals surface area contributed by atoms with Gasteiger partial charge in [-0.15, -0.1) is 0 Å². The predicted octanol–water partition coefficient (Wildman–Crippen LogP) is 3.97. The fraction of sp³-hybridized carbons (Fsp3) is 0.484. The van der Waals surface area contributed by atoms with Gasteiger partial charge in [-0.05, 0) is 92.2 Å². The van der Waals surface area contributed by atoms with E-state index in [0.29, 0.717) is 41.5 Å². The maximum Gasteiger partial charge on any atom is 0.411 e. The molecule has 2 aromatic rings. The molecule has 3 amide bonds. The highest BCUT2D eigenvalue weighted by Gasteiger charge is 2.67. The van der Waals surface area contributed by atoms with Crippen LogP contribution in [0, 0.1) is 34.9 Å². The van der Waals surface area contributed by atoms with Gasteiger partial charge in [-0.25, -0.2) is 9.18 Å². The lowest BCUT2D eigenvalue weighted by molar-refractivity contribution is -0.128. The molecule has 6 rings (SSSR count). The van der Waals surface area contributed by atoms with Crippen molar-refractivity contribution in [2.75, 3.05) is 6.54 Å². The quantitative estimate of drug-likeness (QED) is 0.592. The fourth-order valence-electron chi connectivity index (χ4n) is 6.88. The zero-order chi connectivity index (χ0) is 28.3. The monoisotopic (exact) mass is 544 g/mol. The smallest absolute Gasteiger partial charge is 0.411 e. The molecular formula is C31H33FN4O4. The summed E-state index contributed by atoms with van der Waals surface area (Å²) in [5.41, 5.74) is 2.67. The third-order valence-corrected chi connectivity index (χ3v) is 8.70. The molecule has 1 saturated heterocycles. The zero-order valence-electron chi connectivity index (χ0n) is 22.9. The van der Waals surface area contributed by atoms with E-state index in [1.165, 1.54) is 6.07 Å². The third kappa shape index (κ3) is 4.70. The lowest BCUT2D eigenvalue weighted by Gasteiger charge is -2.35. The number of hydrogen-bond acceptors (Lipinski definition) is 5. The van der Waals surface area contributed by atoms with Crippen LogP contribution in [0.1, 0.15) is 55.1 Å². The summed E-state index contributed by atoms with van der Waals surface area (Å²) in [6.07, 6.45) is 2.00. The van der Waals surface area contributed by atoms with Crippen molar-refractivity contribution in [3.05, 3.63) is 58.9 Å². The highest BCUT2D eigenvalue weighted by Crippen LogP contribution is 2.63. The highest BCUT2D eigenvalue weighted by atomic mass is 19.1. The molecule has 2 aromatic carbocycles. The minimum atomic E-state index is -0.954. The Bertz CT molecular complexity index is 1440. The minimum Gasteiger partial charge on any atom is -0.444 e. The van der Waals surface area contributed by atoms with E-state index in [-0.39, 0.29) is 30.2 Å². The van der Waals surface area contributed by atoms with Gasteiger partial charge in [-0.2, -0.15) is 5.26 Å². The van der Waals surface area contributed by atoms with E-state index in [2.05, 4.69) is 16.7 Å². The predicted molar refractivity (Wildman–Crippen MR) is 144 cm³/mol. The Morgan fingerprint density at radius 2 is 1.90 bits per heavy atom. The maximum absolute atomic E-state index is 15.2. The van der Waals surface area contributed by atoms with Crippen molar-refractivity contribution in [1.82, 2.24) is 15.5 Å². The van der Waals surface area contributed by atoms with Crippen LogP contribution in [-0.2, 0) is 22.4 Å². The summed E-state index contributed by atoms with van der Waals surface area (Å²) < 4.78 is 20.8. The van der Waals surface area contributed by atoms with Gasteiger partial charge in [0.15, 0.2) is 0 Å². The van der Waals surface area contributed by atoms with Gasteiger partial charge < -0.3 is 15.4 Å². The summed E-state index contributed by atoms with van der Waals surface area (Å²) in [5, 5.41) is 15.4. The summed E-state index contributed by atoms with van der Waals surface area (Å²) in [6, 6.07) is 10.8. The zero-order valence-corrected chi connectivity index (χ0v) is 22.9. The van der Waals surface area contributed by atoms with Gasteiger partial charge in [0.25, 0.3) is 5.91 Å².